The third kappa shape index (κ3) is 1.89. The van der Waals surface area contributed by atoms with Gasteiger partial charge >= 0.3 is 0 Å². The van der Waals surface area contributed by atoms with Gasteiger partial charge in [-0.3, -0.25) is 0 Å². The number of methoxy groups -OCH3 is 1. The summed E-state index contributed by atoms with van der Waals surface area (Å²) in [6.07, 6.45) is 0. The number of rotatable bonds is 2. The first-order chi connectivity index (χ1) is 7.85. The van der Waals surface area contributed by atoms with E-state index in [1.807, 2.05) is 48.5 Å². The van der Waals surface area contributed by atoms with Gasteiger partial charge in [-0.25, -0.2) is 4.85 Å². The summed E-state index contributed by atoms with van der Waals surface area (Å²) < 4.78 is 5.30. The molecule has 0 aromatic heterocycles. The number of para-hydroxylation sites is 1. The van der Waals surface area contributed by atoms with Crippen molar-refractivity contribution in [2.45, 2.75) is 0 Å². The molecule has 0 saturated heterocycles. The second-order valence-electron chi connectivity index (χ2n) is 3.36. The molecule has 0 fully saturated rings. The van der Waals surface area contributed by atoms with Crippen molar-refractivity contribution in [2.75, 3.05) is 7.11 Å². The van der Waals surface area contributed by atoms with Crippen molar-refractivity contribution in [3.8, 4) is 16.9 Å². The Labute approximate surface area is 94.9 Å². The summed E-state index contributed by atoms with van der Waals surface area (Å²) in [5.74, 6) is 0.845. The van der Waals surface area contributed by atoms with Gasteiger partial charge in [-0.1, -0.05) is 42.5 Å². The number of benzene rings is 2. The van der Waals surface area contributed by atoms with E-state index in [9.17, 15) is 0 Å². The van der Waals surface area contributed by atoms with E-state index < -0.39 is 0 Å². The topological polar surface area (TPSA) is 13.6 Å². The zero-order valence-corrected chi connectivity index (χ0v) is 8.97. The molecule has 0 atom stereocenters. The summed E-state index contributed by atoms with van der Waals surface area (Å²) in [4.78, 5) is 3.37. The molecule has 0 aliphatic carbocycles. The summed E-state index contributed by atoms with van der Waals surface area (Å²) in [5, 5.41) is 0. The van der Waals surface area contributed by atoms with Crippen LogP contribution in [0.2, 0.25) is 0 Å². The lowest BCUT2D eigenvalue weighted by Gasteiger charge is -2.07. The predicted molar refractivity (Wildman–Crippen MR) is 64.7 cm³/mol. The molecule has 16 heavy (non-hydrogen) atoms. The average Bonchev–Trinajstić information content (AvgIpc) is 2.39. The molecule has 0 aliphatic heterocycles. The van der Waals surface area contributed by atoms with E-state index in [-0.39, 0.29) is 0 Å². The van der Waals surface area contributed by atoms with Crippen molar-refractivity contribution < 1.29 is 4.74 Å². The molecule has 0 bridgehead atoms. The Morgan fingerprint density at radius 1 is 1.00 bits per heavy atom. The minimum Gasteiger partial charge on any atom is -0.496 e. The average molecular weight is 209 g/mol. The first-order valence-corrected chi connectivity index (χ1v) is 4.96. The smallest absolute Gasteiger partial charge is 0.187 e. The third-order valence-corrected chi connectivity index (χ3v) is 2.41. The Hall–Kier alpha value is -2.27. The molecule has 0 spiro atoms. The summed E-state index contributed by atoms with van der Waals surface area (Å²) in [6, 6.07) is 15.3. The van der Waals surface area contributed by atoms with Crippen LogP contribution in [0.15, 0.2) is 48.5 Å². The van der Waals surface area contributed by atoms with Crippen LogP contribution in [0.25, 0.3) is 16.0 Å². The molecule has 0 N–H and O–H groups in total. The van der Waals surface area contributed by atoms with Crippen molar-refractivity contribution in [3.05, 3.63) is 59.9 Å². The van der Waals surface area contributed by atoms with Gasteiger partial charge in [0.25, 0.3) is 0 Å². The van der Waals surface area contributed by atoms with Gasteiger partial charge in [0.05, 0.1) is 13.7 Å². The van der Waals surface area contributed by atoms with Crippen LogP contribution >= 0.6 is 0 Å². The highest BCUT2D eigenvalue weighted by molar-refractivity contribution is 5.71. The van der Waals surface area contributed by atoms with E-state index in [0.717, 1.165) is 16.9 Å². The van der Waals surface area contributed by atoms with E-state index in [1.165, 1.54) is 0 Å². The molecule has 0 radical (unpaired) electrons. The van der Waals surface area contributed by atoms with Gasteiger partial charge in [0, 0.05) is 5.56 Å². The van der Waals surface area contributed by atoms with Crippen LogP contribution < -0.4 is 4.74 Å². The molecular formula is C14H11NO. The summed E-state index contributed by atoms with van der Waals surface area (Å²) in [6.45, 7) is 6.90. The van der Waals surface area contributed by atoms with Crippen LogP contribution in [-0.2, 0) is 0 Å². The normalized spacial score (nSPS) is 9.50. The Morgan fingerprint density at radius 3 is 2.31 bits per heavy atom. The first-order valence-electron chi connectivity index (χ1n) is 4.96. The van der Waals surface area contributed by atoms with Crippen molar-refractivity contribution in [1.29, 1.82) is 0 Å². The Kier molecular flexibility index (Phi) is 2.88. The van der Waals surface area contributed by atoms with Gasteiger partial charge in [-0.2, -0.15) is 0 Å². The van der Waals surface area contributed by atoms with Gasteiger partial charge < -0.3 is 4.74 Å². The SMILES string of the molecule is [C-]#[N+]c1ccc(-c2ccccc2OC)cc1. The fourth-order valence-corrected chi connectivity index (χ4v) is 1.60. The maximum atomic E-state index is 6.90. The summed E-state index contributed by atoms with van der Waals surface area (Å²) in [5.41, 5.74) is 2.75. The van der Waals surface area contributed by atoms with Crippen LogP contribution in [0.5, 0.6) is 5.75 Å². The fourth-order valence-electron chi connectivity index (χ4n) is 1.60. The van der Waals surface area contributed by atoms with Crippen LogP contribution in [0.4, 0.5) is 5.69 Å². The number of nitrogens with zero attached hydrogens (tertiary/aromatic N) is 1. The lowest BCUT2D eigenvalue weighted by atomic mass is 10.0. The summed E-state index contributed by atoms with van der Waals surface area (Å²) in [7, 11) is 1.66. The molecule has 0 aliphatic rings. The molecule has 2 rings (SSSR count). The molecule has 2 heteroatoms. The van der Waals surface area contributed by atoms with E-state index in [0.29, 0.717) is 5.69 Å². The maximum Gasteiger partial charge on any atom is 0.187 e. The molecule has 2 aromatic rings. The molecule has 2 nitrogen and oxygen atoms in total. The monoisotopic (exact) mass is 209 g/mol. The predicted octanol–water partition coefficient (Wildman–Crippen LogP) is 3.91. The lowest BCUT2D eigenvalue weighted by Crippen LogP contribution is -1.86. The van der Waals surface area contributed by atoms with E-state index >= 15 is 0 Å². The van der Waals surface area contributed by atoms with Gasteiger partial charge in [-0.15, -0.1) is 0 Å². The van der Waals surface area contributed by atoms with Crippen LogP contribution in [0.1, 0.15) is 0 Å². The van der Waals surface area contributed by atoms with E-state index in [2.05, 4.69) is 4.85 Å². The van der Waals surface area contributed by atoms with Crippen molar-refractivity contribution in [3.63, 3.8) is 0 Å². The highest BCUT2D eigenvalue weighted by Gasteiger charge is 2.03. The number of hydrogen-bond donors (Lipinski definition) is 0. The van der Waals surface area contributed by atoms with Gasteiger partial charge in [0.2, 0.25) is 0 Å². The van der Waals surface area contributed by atoms with Crippen LogP contribution in [0.3, 0.4) is 0 Å². The van der Waals surface area contributed by atoms with Gasteiger partial charge in [0.1, 0.15) is 5.75 Å². The van der Waals surface area contributed by atoms with E-state index in [4.69, 9.17) is 11.3 Å². The second kappa shape index (κ2) is 4.50. The number of ether oxygens (including phenoxy) is 1. The first kappa shape index (κ1) is 10.3. The molecule has 0 unspecified atom stereocenters. The Morgan fingerprint density at radius 2 is 1.69 bits per heavy atom. The minimum atomic E-state index is 0.652. The highest BCUT2D eigenvalue weighted by Crippen LogP contribution is 2.30. The summed E-state index contributed by atoms with van der Waals surface area (Å²) >= 11 is 0. The largest absolute Gasteiger partial charge is 0.496 e. The second-order valence-corrected chi connectivity index (χ2v) is 3.36. The van der Waals surface area contributed by atoms with Crippen molar-refractivity contribution >= 4 is 5.69 Å². The van der Waals surface area contributed by atoms with Crippen molar-refractivity contribution in [2.24, 2.45) is 0 Å². The van der Waals surface area contributed by atoms with Crippen LogP contribution in [0, 0.1) is 6.57 Å². The molecule has 0 saturated carbocycles. The molecule has 78 valence electrons. The van der Waals surface area contributed by atoms with Gasteiger partial charge in [-0.05, 0) is 11.6 Å². The third-order valence-electron chi connectivity index (χ3n) is 2.41. The quantitative estimate of drug-likeness (QED) is 0.683. The van der Waals surface area contributed by atoms with Gasteiger partial charge in [0.15, 0.2) is 5.69 Å². The molecule has 0 amide bonds. The zero-order valence-electron chi connectivity index (χ0n) is 8.97. The maximum absolute atomic E-state index is 6.90. The number of hydrogen-bond acceptors (Lipinski definition) is 1. The Bertz CT molecular complexity index is 523. The zero-order chi connectivity index (χ0) is 11.4. The van der Waals surface area contributed by atoms with E-state index in [1.54, 1.807) is 7.11 Å². The van der Waals surface area contributed by atoms with Crippen molar-refractivity contribution in [1.82, 2.24) is 0 Å². The highest BCUT2D eigenvalue weighted by atomic mass is 16.5. The standard InChI is InChI=1S/C14H11NO/c1-15-12-9-7-11(8-10-12)13-5-3-4-6-14(13)16-2/h3-10H,2H3. The minimum absolute atomic E-state index is 0.652. The Balaban J connectivity index is 2.47. The molecule has 2 aromatic carbocycles. The lowest BCUT2D eigenvalue weighted by molar-refractivity contribution is 0.416. The molecule has 0 heterocycles. The fraction of sp³-hybridized carbons (Fsp3) is 0.0714. The van der Waals surface area contributed by atoms with Crippen LogP contribution in [-0.4, -0.2) is 7.11 Å². The molecular weight excluding hydrogens is 198 g/mol.